The van der Waals surface area contributed by atoms with Gasteiger partial charge in [0.1, 0.15) is 5.82 Å². The number of carboxylic acid groups (broad SMARTS) is 1. The van der Waals surface area contributed by atoms with Crippen LogP contribution in [-0.4, -0.2) is 29.1 Å². The molecule has 1 aliphatic rings. The van der Waals surface area contributed by atoms with E-state index in [1.165, 1.54) is 0 Å². The predicted molar refractivity (Wildman–Crippen MR) is 65.8 cm³/mol. The molecule has 17 heavy (non-hydrogen) atoms. The van der Waals surface area contributed by atoms with Crippen LogP contribution in [0.15, 0.2) is 18.3 Å². The molecule has 0 aromatic carbocycles. The Morgan fingerprint density at radius 2 is 2.18 bits per heavy atom. The molecular formula is C12H17N3O2. The predicted octanol–water partition coefficient (Wildman–Crippen LogP) is 1.35. The summed E-state index contributed by atoms with van der Waals surface area (Å²) in [5.41, 5.74) is 6.25. The van der Waals surface area contributed by atoms with Crippen LogP contribution in [-0.2, 0) is 4.79 Å². The average Bonchev–Trinajstić information content (AvgIpc) is 2.30. The van der Waals surface area contributed by atoms with Crippen LogP contribution >= 0.6 is 0 Å². The van der Waals surface area contributed by atoms with E-state index in [-0.39, 0.29) is 6.42 Å². The molecule has 1 aliphatic heterocycles. The number of nitrogens with zero attached hydrogens (tertiary/aromatic N) is 2. The number of rotatable bonds is 3. The maximum absolute atomic E-state index is 10.6. The van der Waals surface area contributed by atoms with Gasteiger partial charge < -0.3 is 15.7 Å². The Balaban J connectivity index is 1.90. The molecule has 0 atom stereocenters. The van der Waals surface area contributed by atoms with Gasteiger partial charge >= 0.3 is 5.97 Å². The standard InChI is InChI=1S/C12H17N3O2/c13-10-1-2-11(14-8-10)15-5-3-9(4-6-15)7-12(16)17/h1-2,8-9H,3-7,13H2,(H,16,17). The van der Waals surface area contributed by atoms with Crippen molar-refractivity contribution in [3.05, 3.63) is 18.3 Å². The second-order valence-electron chi connectivity index (χ2n) is 4.48. The van der Waals surface area contributed by atoms with Gasteiger partial charge in [0.2, 0.25) is 0 Å². The molecule has 1 saturated heterocycles. The molecule has 0 saturated carbocycles. The number of pyridine rings is 1. The highest BCUT2D eigenvalue weighted by Crippen LogP contribution is 2.24. The van der Waals surface area contributed by atoms with Crippen molar-refractivity contribution in [2.24, 2.45) is 5.92 Å². The van der Waals surface area contributed by atoms with E-state index >= 15 is 0 Å². The SMILES string of the molecule is Nc1ccc(N2CCC(CC(=O)O)CC2)nc1. The van der Waals surface area contributed by atoms with Crippen molar-refractivity contribution in [3.63, 3.8) is 0 Å². The number of aliphatic carboxylic acids is 1. The first-order chi connectivity index (χ1) is 8.15. The normalized spacial score (nSPS) is 17.1. The Morgan fingerprint density at radius 3 is 2.71 bits per heavy atom. The number of anilines is 2. The Kier molecular flexibility index (Phi) is 3.46. The van der Waals surface area contributed by atoms with Crippen LogP contribution in [0.1, 0.15) is 19.3 Å². The van der Waals surface area contributed by atoms with E-state index in [0.29, 0.717) is 11.6 Å². The third kappa shape index (κ3) is 3.09. The molecule has 2 heterocycles. The first-order valence-corrected chi connectivity index (χ1v) is 5.83. The van der Waals surface area contributed by atoms with Gasteiger partial charge in [0.05, 0.1) is 11.9 Å². The third-order valence-electron chi connectivity index (χ3n) is 3.17. The minimum atomic E-state index is -0.700. The summed E-state index contributed by atoms with van der Waals surface area (Å²) in [5, 5.41) is 8.74. The van der Waals surface area contributed by atoms with Gasteiger partial charge in [-0.1, -0.05) is 0 Å². The second kappa shape index (κ2) is 5.03. The fourth-order valence-corrected chi connectivity index (χ4v) is 2.20. The van der Waals surface area contributed by atoms with Crippen molar-refractivity contribution in [2.45, 2.75) is 19.3 Å². The zero-order valence-electron chi connectivity index (χ0n) is 9.67. The molecule has 2 rings (SSSR count). The molecule has 1 aromatic rings. The summed E-state index contributed by atoms with van der Waals surface area (Å²) in [6, 6.07) is 3.75. The van der Waals surface area contributed by atoms with E-state index in [1.807, 2.05) is 12.1 Å². The summed E-state index contributed by atoms with van der Waals surface area (Å²) in [5.74, 6) is 0.527. The van der Waals surface area contributed by atoms with Crippen molar-refractivity contribution in [1.82, 2.24) is 4.98 Å². The molecule has 0 bridgehead atoms. The van der Waals surface area contributed by atoms with E-state index in [0.717, 1.165) is 31.7 Å². The lowest BCUT2D eigenvalue weighted by molar-refractivity contribution is -0.138. The highest BCUT2D eigenvalue weighted by atomic mass is 16.4. The zero-order chi connectivity index (χ0) is 12.3. The number of aromatic nitrogens is 1. The molecule has 0 aliphatic carbocycles. The number of carboxylic acids is 1. The summed E-state index contributed by atoms with van der Waals surface area (Å²) in [4.78, 5) is 17.1. The molecular weight excluding hydrogens is 218 g/mol. The van der Waals surface area contributed by atoms with Gasteiger partial charge in [0.25, 0.3) is 0 Å². The number of piperidine rings is 1. The van der Waals surface area contributed by atoms with Crippen LogP contribution in [0, 0.1) is 5.92 Å². The van der Waals surface area contributed by atoms with Gasteiger partial charge in [-0.05, 0) is 30.9 Å². The van der Waals surface area contributed by atoms with E-state index in [9.17, 15) is 4.79 Å². The molecule has 3 N–H and O–H groups in total. The maximum atomic E-state index is 10.6. The molecule has 0 unspecified atom stereocenters. The van der Waals surface area contributed by atoms with Gasteiger partial charge in [-0.25, -0.2) is 4.98 Å². The highest BCUT2D eigenvalue weighted by molar-refractivity contribution is 5.67. The summed E-state index contributed by atoms with van der Waals surface area (Å²) >= 11 is 0. The van der Waals surface area contributed by atoms with Crippen molar-refractivity contribution in [3.8, 4) is 0 Å². The Bertz CT molecular complexity index is 383. The first-order valence-electron chi connectivity index (χ1n) is 5.83. The van der Waals surface area contributed by atoms with Crippen molar-refractivity contribution >= 4 is 17.5 Å². The fraction of sp³-hybridized carbons (Fsp3) is 0.500. The van der Waals surface area contributed by atoms with Crippen LogP contribution in [0.3, 0.4) is 0 Å². The Hall–Kier alpha value is -1.78. The maximum Gasteiger partial charge on any atom is 0.303 e. The Morgan fingerprint density at radius 1 is 1.47 bits per heavy atom. The topological polar surface area (TPSA) is 79.5 Å². The summed E-state index contributed by atoms with van der Waals surface area (Å²) < 4.78 is 0. The molecule has 0 radical (unpaired) electrons. The van der Waals surface area contributed by atoms with E-state index in [4.69, 9.17) is 10.8 Å². The molecule has 5 heteroatoms. The lowest BCUT2D eigenvalue weighted by Crippen LogP contribution is -2.34. The number of nitrogens with two attached hydrogens (primary N) is 1. The lowest BCUT2D eigenvalue weighted by atomic mass is 9.94. The number of hydrogen-bond acceptors (Lipinski definition) is 4. The van der Waals surface area contributed by atoms with Crippen LogP contribution in [0.5, 0.6) is 0 Å². The molecule has 1 fully saturated rings. The average molecular weight is 235 g/mol. The molecule has 92 valence electrons. The zero-order valence-corrected chi connectivity index (χ0v) is 9.67. The van der Waals surface area contributed by atoms with Gasteiger partial charge in [-0.2, -0.15) is 0 Å². The largest absolute Gasteiger partial charge is 0.481 e. The van der Waals surface area contributed by atoms with E-state index < -0.39 is 5.97 Å². The minimum absolute atomic E-state index is 0.281. The molecule has 5 nitrogen and oxygen atoms in total. The summed E-state index contributed by atoms with van der Waals surface area (Å²) in [7, 11) is 0. The van der Waals surface area contributed by atoms with Gasteiger partial charge in [-0.3, -0.25) is 4.79 Å². The molecule has 1 aromatic heterocycles. The summed E-state index contributed by atoms with van der Waals surface area (Å²) in [6.45, 7) is 1.74. The van der Waals surface area contributed by atoms with Crippen LogP contribution in [0.25, 0.3) is 0 Å². The summed E-state index contributed by atoms with van der Waals surface area (Å²) in [6.07, 6.45) is 3.76. The third-order valence-corrected chi connectivity index (χ3v) is 3.17. The first kappa shape index (κ1) is 11.7. The van der Waals surface area contributed by atoms with Crippen LogP contribution in [0.4, 0.5) is 11.5 Å². The van der Waals surface area contributed by atoms with Gasteiger partial charge in [0.15, 0.2) is 0 Å². The van der Waals surface area contributed by atoms with Crippen LogP contribution in [0.2, 0.25) is 0 Å². The quantitative estimate of drug-likeness (QED) is 0.826. The second-order valence-corrected chi connectivity index (χ2v) is 4.48. The lowest BCUT2D eigenvalue weighted by Gasteiger charge is -2.32. The van der Waals surface area contributed by atoms with Crippen LogP contribution < -0.4 is 10.6 Å². The minimum Gasteiger partial charge on any atom is -0.481 e. The van der Waals surface area contributed by atoms with E-state index in [2.05, 4.69) is 9.88 Å². The van der Waals surface area contributed by atoms with Crippen molar-refractivity contribution in [2.75, 3.05) is 23.7 Å². The monoisotopic (exact) mass is 235 g/mol. The van der Waals surface area contributed by atoms with Crippen molar-refractivity contribution in [1.29, 1.82) is 0 Å². The molecule has 0 spiro atoms. The number of carbonyl (C=O) groups is 1. The van der Waals surface area contributed by atoms with Gasteiger partial charge in [-0.15, -0.1) is 0 Å². The fourth-order valence-electron chi connectivity index (χ4n) is 2.20. The van der Waals surface area contributed by atoms with E-state index in [1.54, 1.807) is 6.20 Å². The van der Waals surface area contributed by atoms with Crippen molar-refractivity contribution < 1.29 is 9.90 Å². The molecule has 0 amide bonds. The Labute approximate surface area is 100 Å². The van der Waals surface area contributed by atoms with Gasteiger partial charge in [0, 0.05) is 19.5 Å². The smallest absolute Gasteiger partial charge is 0.303 e. The number of hydrogen-bond donors (Lipinski definition) is 2. The number of nitrogen functional groups attached to an aromatic ring is 1. The highest BCUT2D eigenvalue weighted by Gasteiger charge is 2.21.